The van der Waals surface area contributed by atoms with E-state index in [0.717, 1.165) is 108 Å². The molecule has 8 heteroatoms. The number of piperidine rings is 1. The van der Waals surface area contributed by atoms with Crippen LogP contribution in [0.2, 0.25) is 0 Å². The molecule has 336 valence electrons. The Morgan fingerprint density at radius 3 is 2.26 bits per heavy atom. The van der Waals surface area contributed by atoms with Crippen molar-refractivity contribution < 1.29 is 13.6 Å². The first-order valence-corrected chi connectivity index (χ1v) is 23.3. The zero-order valence-electron chi connectivity index (χ0n) is 39.2. The zero-order valence-corrected chi connectivity index (χ0v) is 39.2. The van der Waals surface area contributed by atoms with Crippen LogP contribution in [0.15, 0.2) is 66.7 Å². The van der Waals surface area contributed by atoms with Crippen LogP contribution in [0.4, 0.5) is 14.5 Å². The van der Waals surface area contributed by atoms with E-state index in [2.05, 4.69) is 84.4 Å². The van der Waals surface area contributed by atoms with Gasteiger partial charge in [-0.05, 0) is 153 Å². The highest BCUT2D eigenvalue weighted by molar-refractivity contribution is 5.84. The summed E-state index contributed by atoms with van der Waals surface area (Å²) in [7, 11) is 4.27. The fourth-order valence-electron chi connectivity index (χ4n) is 9.82. The minimum absolute atomic E-state index is 0.159. The smallest absolute Gasteiger partial charge is 0.157 e. The fourth-order valence-corrected chi connectivity index (χ4v) is 9.82. The molecule has 62 heavy (non-hydrogen) atoms. The van der Waals surface area contributed by atoms with Crippen molar-refractivity contribution in [2.24, 2.45) is 4.99 Å². The minimum Gasteiger partial charge on any atom is -0.369 e. The predicted octanol–water partition coefficient (Wildman–Crippen LogP) is 12.3. The Bertz CT molecular complexity index is 2060. The molecule has 5 rings (SSSR count). The van der Waals surface area contributed by atoms with Crippen LogP contribution in [0.1, 0.15) is 130 Å². The molecule has 2 aliphatic heterocycles. The molecule has 0 bridgehead atoms. The van der Waals surface area contributed by atoms with Gasteiger partial charge in [-0.3, -0.25) is 9.89 Å². The number of halogens is 2. The summed E-state index contributed by atoms with van der Waals surface area (Å²) in [6.07, 6.45) is 14.7. The molecule has 0 N–H and O–H groups in total. The first-order valence-electron chi connectivity index (χ1n) is 23.3. The molecule has 3 aromatic rings. The molecule has 3 aromatic carbocycles. The van der Waals surface area contributed by atoms with Gasteiger partial charge in [0.25, 0.3) is 0 Å². The summed E-state index contributed by atoms with van der Waals surface area (Å²) in [4.78, 5) is 25.8. The van der Waals surface area contributed by atoms with Crippen molar-refractivity contribution >= 4 is 29.5 Å². The van der Waals surface area contributed by atoms with E-state index in [1.807, 2.05) is 25.1 Å². The topological polar surface area (TPSA) is 42.4 Å². The van der Waals surface area contributed by atoms with Crippen molar-refractivity contribution in [3.8, 4) is 11.1 Å². The highest BCUT2D eigenvalue weighted by Crippen LogP contribution is 2.42. The number of hydrogen-bond acceptors (Lipinski definition) is 6. The Balaban J connectivity index is 1.11. The number of piperazine rings is 1. The molecule has 0 radical (unpaired) electrons. The van der Waals surface area contributed by atoms with E-state index in [1.54, 1.807) is 26.1 Å². The summed E-state index contributed by atoms with van der Waals surface area (Å²) in [6.45, 7) is 30.0. The fraction of sp³-hybridized carbons (Fsp3) is 0.519. The first kappa shape index (κ1) is 48.8. The number of likely N-dealkylation sites (tertiary alicyclic amines) is 1. The molecule has 1 atom stereocenters. The predicted molar refractivity (Wildman–Crippen MR) is 260 cm³/mol. The standard InChI is InChI=1S/C54H75F2N5O/c1-11-43-34-39(5)35-47(48(43)37-59(10)50(38(3)4)24-23-41(7)62)44-25-28-60(29-26-44)27-18-16-14-13-15-17-20-45-21-19-22-49(55)52(45)51-40(6)36-46(54(53(51)56)57-12-2)42(8)61-32-30-58(9)31-33-61/h11-12,19,21-22,34-36,44,50H,1,3,8,13-18,20,23-33,37H2,2,4-7,9-10H3. The lowest BCUT2D eigenvalue weighted by Crippen LogP contribution is -2.43. The molecular formula is C54H75F2N5O. The van der Waals surface area contributed by atoms with Crippen molar-refractivity contribution in [3.63, 3.8) is 0 Å². The van der Waals surface area contributed by atoms with Gasteiger partial charge < -0.3 is 19.5 Å². The average Bonchev–Trinajstić information content (AvgIpc) is 3.24. The van der Waals surface area contributed by atoms with Gasteiger partial charge in [0.05, 0.1) is 0 Å². The Hall–Kier alpha value is -4.24. The van der Waals surface area contributed by atoms with Crippen molar-refractivity contribution in [1.29, 1.82) is 0 Å². The minimum atomic E-state index is -0.482. The summed E-state index contributed by atoms with van der Waals surface area (Å²) >= 11 is 0. The second-order valence-corrected chi connectivity index (χ2v) is 18.3. The molecule has 1 unspecified atom stereocenters. The second-order valence-electron chi connectivity index (χ2n) is 18.3. The van der Waals surface area contributed by atoms with Gasteiger partial charge in [0.15, 0.2) is 5.82 Å². The first-order chi connectivity index (χ1) is 29.7. The molecule has 0 amide bonds. The number of aliphatic imine (C=N–C) groups is 1. The highest BCUT2D eigenvalue weighted by atomic mass is 19.1. The lowest BCUT2D eigenvalue weighted by Gasteiger charge is -2.35. The molecular weight excluding hydrogens is 773 g/mol. The Morgan fingerprint density at radius 2 is 1.61 bits per heavy atom. The van der Waals surface area contributed by atoms with Gasteiger partial charge >= 0.3 is 0 Å². The molecule has 6 nitrogen and oxygen atoms in total. The molecule has 2 aliphatic rings. The summed E-state index contributed by atoms with van der Waals surface area (Å²) < 4.78 is 32.4. The third-order valence-electron chi connectivity index (χ3n) is 13.4. The Morgan fingerprint density at radius 1 is 0.935 bits per heavy atom. The van der Waals surface area contributed by atoms with E-state index >= 15 is 8.78 Å². The van der Waals surface area contributed by atoms with Crippen LogP contribution < -0.4 is 0 Å². The SMILES string of the molecule is C=Cc1cc(C)cc(C2CCN(CCCCCCCCc3cccc(F)c3-c3c(C)cc(C(=C)N4CCN(C)CC4)c(N=CC)c3F)CC2)c1CN(C)C(CCC(C)=O)C(=C)C. The third-order valence-corrected chi connectivity index (χ3v) is 13.4. The number of likely N-dealkylation sites (N-methyl/N-ethyl adjacent to an activating group) is 2. The Kier molecular flexibility index (Phi) is 18.4. The molecule has 2 heterocycles. The maximum Gasteiger partial charge on any atom is 0.157 e. The van der Waals surface area contributed by atoms with Gasteiger partial charge in [-0.25, -0.2) is 8.78 Å². The van der Waals surface area contributed by atoms with E-state index < -0.39 is 11.6 Å². The van der Waals surface area contributed by atoms with E-state index in [-0.39, 0.29) is 17.5 Å². The number of aryl methyl sites for hydroxylation is 3. The van der Waals surface area contributed by atoms with Crippen molar-refractivity contribution in [1.82, 2.24) is 19.6 Å². The Labute approximate surface area is 373 Å². The number of hydrogen-bond donors (Lipinski definition) is 0. The lowest BCUT2D eigenvalue weighted by atomic mass is 9.83. The van der Waals surface area contributed by atoms with Crippen LogP contribution in [0, 0.1) is 25.5 Å². The molecule has 0 aromatic heterocycles. The summed E-state index contributed by atoms with van der Waals surface area (Å²) in [6, 6.07) is 11.9. The van der Waals surface area contributed by atoms with Crippen LogP contribution in [0.5, 0.6) is 0 Å². The summed E-state index contributed by atoms with van der Waals surface area (Å²) in [5.74, 6) is -0.135. The molecule has 2 fully saturated rings. The number of carbonyl (C=O) groups excluding carboxylic acids is 1. The number of benzene rings is 3. The number of Topliss-reactive ketones (excluding diaryl/α,β-unsaturated/α-hetero) is 1. The normalized spacial score (nSPS) is 16.1. The summed E-state index contributed by atoms with van der Waals surface area (Å²) in [5.41, 5.74) is 10.3. The van der Waals surface area contributed by atoms with Gasteiger partial charge in [0.2, 0.25) is 0 Å². The van der Waals surface area contributed by atoms with Gasteiger partial charge in [0, 0.05) is 73.8 Å². The van der Waals surface area contributed by atoms with Gasteiger partial charge in [-0.15, -0.1) is 0 Å². The molecule has 0 spiro atoms. The summed E-state index contributed by atoms with van der Waals surface area (Å²) in [5, 5.41) is 0. The van der Waals surface area contributed by atoms with E-state index in [0.29, 0.717) is 41.0 Å². The number of unbranched alkanes of at least 4 members (excludes halogenated alkanes) is 5. The quantitative estimate of drug-likeness (QED) is 0.0572. The second kappa shape index (κ2) is 23.4. The van der Waals surface area contributed by atoms with Crippen molar-refractivity contribution in [2.45, 2.75) is 124 Å². The van der Waals surface area contributed by atoms with Gasteiger partial charge in [0.1, 0.15) is 17.3 Å². The van der Waals surface area contributed by atoms with Crippen molar-refractivity contribution in [3.05, 3.63) is 112 Å². The number of rotatable bonds is 22. The van der Waals surface area contributed by atoms with E-state index in [9.17, 15) is 4.79 Å². The number of ketones is 1. The van der Waals surface area contributed by atoms with Crippen LogP contribution in [0.3, 0.4) is 0 Å². The molecule has 0 aliphatic carbocycles. The van der Waals surface area contributed by atoms with Crippen LogP contribution in [-0.2, 0) is 17.8 Å². The largest absolute Gasteiger partial charge is 0.369 e. The third kappa shape index (κ3) is 12.7. The lowest BCUT2D eigenvalue weighted by molar-refractivity contribution is -0.117. The maximum absolute atomic E-state index is 16.6. The zero-order chi connectivity index (χ0) is 44.9. The van der Waals surface area contributed by atoms with Crippen LogP contribution in [0.25, 0.3) is 22.9 Å². The van der Waals surface area contributed by atoms with Gasteiger partial charge in [-0.2, -0.15) is 0 Å². The number of carbonyl (C=O) groups is 1. The van der Waals surface area contributed by atoms with Gasteiger partial charge in [-0.1, -0.05) is 86.9 Å². The van der Waals surface area contributed by atoms with Crippen LogP contribution in [-0.4, -0.2) is 97.5 Å². The van der Waals surface area contributed by atoms with E-state index in [1.165, 1.54) is 47.6 Å². The van der Waals surface area contributed by atoms with E-state index in [4.69, 9.17) is 0 Å². The maximum atomic E-state index is 16.6. The van der Waals surface area contributed by atoms with Crippen LogP contribution >= 0.6 is 0 Å². The molecule has 2 saturated heterocycles. The highest BCUT2D eigenvalue weighted by Gasteiger charge is 2.28. The van der Waals surface area contributed by atoms with Crippen molar-refractivity contribution in [2.75, 3.05) is 59.9 Å². The molecule has 0 saturated carbocycles. The number of nitrogens with zero attached hydrogens (tertiary/aromatic N) is 5. The monoisotopic (exact) mass is 848 g/mol. The average molecular weight is 848 g/mol.